The van der Waals surface area contributed by atoms with Crippen molar-refractivity contribution < 1.29 is 17.9 Å². The summed E-state index contributed by atoms with van der Waals surface area (Å²) in [5.74, 6) is -1.96. The van der Waals surface area contributed by atoms with Crippen LogP contribution in [-0.4, -0.2) is 0 Å². The summed E-state index contributed by atoms with van der Waals surface area (Å²) in [5, 5.41) is 0. The van der Waals surface area contributed by atoms with Crippen LogP contribution in [0.4, 0.5) is 13.2 Å². The fourth-order valence-corrected chi connectivity index (χ4v) is 1.72. The van der Waals surface area contributed by atoms with Crippen LogP contribution in [0.25, 0.3) is 0 Å². The molecule has 0 bridgehead atoms. The average Bonchev–Trinajstić information content (AvgIpc) is 2.32. The largest absolute Gasteiger partial charge is 0.454 e. The van der Waals surface area contributed by atoms with Gasteiger partial charge in [-0.15, -0.1) is 0 Å². The zero-order chi connectivity index (χ0) is 14.0. The predicted molar refractivity (Wildman–Crippen MR) is 66.9 cm³/mol. The summed E-state index contributed by atoms with van der Waals surface area (Å²) in [7, 11) is 0. The number of ether oxygens (including phenoxy) is 1. The third kappa shape index (κ3) is 3.08. The van der Waals surface area contributed by atoms with Gasteiger partial charge in [-0.25, -0.2) is 13.2 Å². The van der Waals surface area contributed by atoms with Crippen LogP contribution in [0.15, 0.2) is 36.4 Å². The maximum Gasteiger partial charge on any atom is 0.168 e. The minimum Gasteiger partial charge on any atom is -0.454 e. The second-order valence-electron chi connectivity index (χ2n) is 4.52. The lowest BCUT2D eigenvalue weighted by atomic mass is 10.0. The Morgan fingerprint density at radius 1 is 0.947 bits per heavy atom. The Hall–Kier alpha value is -1.97. The molecule has 4 heteroatoms. The molecule has 0 fully saturated rings. The van der Waals surface area contributed by atoms with E-state index in [0.717, 1.165) is 12.1 Å². The summed E-state index contributed by atoms with van der Waals surface area (Å²) in [6.45, 7) is 3.59. The summed E-state index contributed by atoms with van der Waals surface area (Å²) < 4.78 is 45.4. The fourth-order valence-electron chi connectivity index (χ4n) is 1.72. The second-order valence-corrected chi connectivity index (χ2v) is 4.52. The Bertz CT molecular complexity index is 594. The van der Waals surface area contributed by atoms with E-state index in [2.05, 4.69) is 0 Å². The Balaban J connectivity index is 2.37. The molecule has 0 radical (unpaired) electrons. The lowest BCUT2D eigenvalue weighted by Gasteiger charge is -2.12. The van der Waals surface area contributed by atoms with Gasteiger partial charge in [-0.3, -0.25) is 0 Å². The zero-order valence-corrected chi connectivity index (χ0v) is 10.6. The number of benzene rings is 2. The van der Waals surface area contributed by atoms with Crippen LogP contribution in [0.1, 0.15) is 25.3 Å². The molecule has 0 heterocycles. The molecule has 0 aliphatic heterocycles. The molecular formula is C15H13F3O. The van der Waals surface area contributed by atoms with E-state index in [1.807, 2.05) is 0 Å². The molecule has 0 saturated heterocycles. The fraction of sp³-hybridized carbons (Fsp3) is 0.200. The summed E-state index contributed by atoms with van der Waals surface area (Å²) in [6, 6.07) is 7.44. The van der Waals surface area contributed by atoms with Crippen LogP contribution in [0.5, 0.6) is 11.5 Å². The van der Waals surface area contributed by atoms with E-state index in [4.69, 9.17) is 4.74 Å². The van der Waals surface area contributed by atoms with Crippen LogP contribution >= 0.6 is 0 Å². The van der Waals surface area contributed by atoms with Gasteiger partial charge in [0.1, 0.15) is 17.4 Å². The van der Waals surface area contributed by atoms with Crippen molar-refractivity contribution in [1.82, 2.24) is 0 Å². The maximum absolute atomic E-state index is 13.6. The van der Waals surface area contributed by atoms with Crippen LogP contribution in [-0.2, 0) is 0 Å². The molecule has 2 aromatic carbocycles. The Morgan fingerprint density at radius 3 is 2.32 bits per heavy atom. The Labute approximate surface area is 109 Å². The first-order valence-electron chi connectivity index (χ1n) is 5.89. The predicted octanol–water partition coefficient (Wildman–Crippen LogP) is 5.02. The van der Waals surface area contributed by atoms with Gasteiger partial charge in [0.25, 0.3) is 0 Å². The zero-order valence-electron chi connectivity index (χ0n) is 10.6. The molecule has 2 aromatic rings. The van der Waals surface area contributed by atoms with Crippen molar-refractivity contribution in [1.29, 1.82) is 0 Å². The van der Waals surface area contributed by atoms with Crippen molar-refractivity contribution >= 4 is 0 Å². The molecule has 0 aromatic heterocycles. The van der Waals surface area contributed by atoms with E-state index < -0.39 is 17.5 Å². The van der Waals surface area contributed by atoms with Crippen LogP contribution in [0.3, 0.4) is 0 Å². The average molecular weight is 266 g/mol. The maximum atomic E-state index is 13.6. The van der Waals surface area contributed by atoms with Gasteiger partial charge in [0.05, 0.1) is 0 Å². The molecule has 0 aliphatic rings. The molecule has 0 amide bonds. The minimum absolute atomic E-state index is 0.101. The smallest absolute Gasteiger partial charge is 0.168 e. The van der Waals surface area contributed by atoms with E-state index in [9.17, 15) is 13.2 Å². The molecule has 0 N–H and O–H groups in total. The molecule has 0 atom stereocenters. The van der Waals surface area contributed by atoms with Gasteiger partial charge in [0.2, 0.25) is 0 Å². The lowest BCUT2D eigenvalue weighted by Crippen LogP contribution is -1.97. The third-order valence-electron chi connectivity index (χ3n) is 2.70. The minimum atomic E-state index is -0.814. The number of halogens is 3. The Kier molecular flexibility index (Phi) is 3.79. The first kappa shape index (κ1) is 13.5. The van der Waals surface area contributed by atoms with Gasteiger partial charge in [0.15, 0.2) is 11.6 Å². The van der Waals surface area contributed by atoms with E-state index >= 15 is 0 Å². The van der Waals surface area contributed by atoms with E-state index in [1.54, 1.807) is 13.8 Å². The summed E-state index contributed by atoms with van der Waals surface area (Å²) in [5.41, 5.74) is 0.354. The van der Waals surface area contributed by atoms with E-state index in [-0.39, 0.29) is 17.4 Å². The number of hydrogen-bond donors (Lipinski definition) is 0. The van der Waals surface area contributed by atoms with E-state index in [0.29, 0.717) is 5.56 Å². The molecule has 0 unspecified atom stereocenters. The number of rotatable bonds is 3. The van der Waals surface area contributed by atoms with Gasteiger partial charge in [-0.2, -0.15) is 0 Å². The standard InChI is InChI=1S/C15H13F3O/c1-9(2)12-7-15(14(18)8-13(12)17)19-11-5-3-4-10(16)6-11/h3-9H,1-2H3. The van der Waals surface area contributed by atoms with Crippen molar-refractivity contribution in [2.24, 2.45) is 0 Å². The van der Waals surface area contributed by atoms with Crippen molar-refractivity contribution in [3.05, 3.63) is 59.4 Å². The monoisotopic (exact) mass is 266 g/mol. The van der Waals surface area contributed by atoms with Crippen molar-refractivity contribution in [2.75, 3.05) is 0 Å². The topological polar surface area (TPSA) is 9.23 Å². The highest BCUT2D eigenvalue weighted by molar-refractivity contribution is 5.37. The number of hydrogen-bond acceptors (Lipinski definition) is 1. The van der Waals surface area contributed by atoms with Crippen LogP contribution < -0.4 is 4.74 Å². The SMILES string of the molecule is CC(C)c1cc(Oc2cccc(F)c2)c(F)cc1F. The van der Waals surface area contributed by atoms with Gasteiger partial charge in [0, 0.05) is 12.1 Å². The highest BCUT2D eigenvalue weighted by atomic mass is 19.1. The summed E-state index contributed by atoms with van der Waals surface area (Å²) in [6.07, 6.45) is 0. The molecular weight excluding hydrogens is 253 g/mol. The molecule has 0 saturated carbocycles. The highest BCUT2D eigenvalue weighted by Crippen LogP contribution is 2.30. The first-order chi connectivity index (χ1) is 8.97. The normalized spacial score (nSPS) is 10.8. The van der Waals surface area contributed by atoms with E-state index in [1.165, 1.54) is 24.3 Å². The Morgan fingerprint density at radius 2 is 1.68 bits per heavy atom. The molecule has 1 nitrogen and oxygen atoms in total. The van der Waals surface area contributed by atoms with Crippen LogP contribution in [0, 0.1) is 17.5 Å². The summed E-state index contributed by atoms with van der Waals surface area (Å²) >= 11 is 0. The molecule has 2 rings (SSSR count). The molecule has 0 spiro atoms. The molecule has 100 valence electrons. The van der Waals surface area contributed by atoms with Crippen LogP contribution in [0.2, 0.25) is 0 Å². The highest BCUT2D eigenvalue weighted by Gasteiger charge is 2.14. The molecule has 0 aliphatic carbocycles. The second kappa shape index (κ2) is 5.34. The van der Waals surface area contributed by atoms with Gasteiger partial charge < -0.3 is 4.74 Å². The van der Waals surface area contributed by atoms with Gasteiger partial charge in [-0.05, 0) is 29.7 Å². The third-order valence-corrected chi connectivity index (χ3v) is 2.70. The quantitative estimate of drug-likeness (QED) is 0.758. The van der Waals surface area contributed by atoms with Gasteiger partial charge in [-0.1, -0.05) is 19.9 Å². The van der Waals surface area contributed by atoms with Gasteiger partial charge >= 0.3 is 0 Å². The first-order valence-corrected chi connectivity index (χ1v) is 5.89. The van der Waals surface area contributed by atoms with Crippen molar-refractivity contribution in [3.63, 3.8) is 0 Å². The summed E-state index contributed by atoms with van der Waals surface area (Å²) in [4.78, 5) is 0. The van der Waals surface area contributed by atoms with Crippen molar-refractivity contribution in [3.8, 4) is 11.5 Å². The lowest BCUT2D eigenvalue weighted by molar-refractivity contribution is 0.432. The molecule has 19 heavy (non-hydrogen) atoms. The van der Waals surface area contributed by atoms with Crippen molar-refractivity contribution in [2.45, 2.75) is 19.8 Å².